The Bertz CT molecular complexity index is 803. The SMILES string of the molecule is CCC(=O)N1c2ccccc2C[C@@H]1C(=O)NCCc1ccccc1OC. The second kappa shape index (κ2) is 8.04. The molecule has 1 aliphatic rings. The minimum absolute atomic E-state index is 0.0279. The monoisotopic (exact) mass is 352 g/mol. The molecule has 0 spiro atoms. The van der Waals surface area contributed by atoms with Crippen molar-refractivity contribution in [3.63, 3.8) is 0 Å². The summed E-state index contributed by atoms with van der Waals surface area (Å²) in [7, 11) is 1.64. The number of hydrogen-bond donors (Lipinski definition) is 1. The van der Waals surface area contributed by atoms with Crippen molar-refractivity contribution >= 4 is 17.5 Å². The van der Waals surface area contributed by atoms with Crippen LogP contribution in [0.2, 0.25) is 0 Å². The number of benzene rings is 2. The number of para-hydroxylation sites is 2. The van der Waals surface area contributed by atoms with E-state index in [9.17, 15) is 9.59 Å². The van der Waals surface area contributed by atoms with Crippen LogP contribution in [0.3, 0.4) is 0 Å². The van der Waals surface area contributed by atoms with Crippen LogP contribution in [0.5, 0.6) is 5.75 Å². The van der Waals surface area contributed by atoms with Crippen LogP contribution in [-0.2, 0) is 22.4 Å². The molecule has 3 rings (SSSR count). The molecule has 26 heavy (non-hydrogen) atoms. The van der Waals surface area contributed by atoms with Gasteiger partial charge < -0.3 is 10.1 Å². The summed E-state index contributed by atoms with van der Waals surface area (Å²) in [6.45, 7) is 2.32. The topological polar surface area (TPSA) is 58.6 Å². The highest BCUT2D eigenvalue weighted by Crippen LogP contribution is 2.32. The third-order valence-corrected chi connectivity index (χ3v) is 4.74. The number of anilines is 1. The van der Waals surface area contributed by atoms with E-state index in [1.165, 1.54) is 0 Å². The van der Waals surface area contributed by atoms with Gasteiger partial charge in [-0.05, 0) is 29.7 Å². The summed E-state index contributed by atoms with van der Waals surface area (Å²) in [6, 6.07) is 15.0. The molecule has 1 N–H and O–H groups in total. The number of methoxy groups -OCH3 is 1. The zero-order valence-electron chi connectivity index (χ0n) is 15.2. The predicted octanol–water partition coefficient (Wildman–Crippen LogP) is 2.72. The van der Waals surface area contributed by atoms with Gasteiger partial charge in [-0.25, -0.2) is 0 Å². The second-order valence-corrected chi connectivity index (χ2v) is 6.32. The Hall–Kier alpha value is -2.82. The average Bonchev–Trinajstić information content (AvgIpc) is 3.07. The molecule has 1 aliphatic heterocycles. The lowest BCUT2D eigenvalue weighted by Crippen LogP contribution is -2.48. The highest BCUT2D eigenvalue weighted by atomic mass is 16.5. The van der Waals surface area contributed by atoms with Crippen molar-refractivity contribution in [1.82, 2.24) is 5.32 Å². The number of nitrogens with zero attached hydrogens (tertiary/aromatic N) is 1. The van der Waals surface area contributed by atoms with Gasteiger partial charge in [-0.1, -0.05) is 43.3 Å². The summed E-state index contributed by atoms with van der Waals surface area (Å²) in [5.41, 5.74) is 2.94. The third-order valence-electron chi connectivity index (χ3n) is 4.74. The first-order valence-corrected chi connectivity index (χ1v) is 8.95. The van der Waals surface area contributed by atoms with Crippen LogP contribution in [0.1, 0.15) is 24.5 Å². The summed E-state index contributed by atoms with van der Waals surface area (Å²) in [5.74, 6) is 0.676. The van der Waals surface area contributed by atoms with E-state index in [0.717, 1.165) is 22.6 Å². The molecule has 5 heteroatoms. The number of amides is 2. The lowest BCUT2D eigenvalue weighted by atomic mass is 10.1. The smallest absolute Gasteiger partial charge is 0.243 e. The molecule has 1 atom stereocenters. The fourth-order valence-corrected chi connectivity index (χ4v) is 3.42. The quantitative estimate of drug-likeness (QED) is 0.870. The molecular formula is C21H24N2O3. The van der Waals surface area contributed by atoms with E-state index in [0.29, 0.717) is 25.8 Å². The molecule has 5 nitrogen and oxygen atoms in total. The minimum Gasteiger partial charge on any atom is -0.496 e. The molecule has 0 saturated heterocycles. The molecule has 0 fully saturated rings. The number of nitrogens with one attached hydrogen (secondary N) is 1. The first-order valence-electron chi connectivity index (χ1n) is 8.95. The van der Waals surface area contributed by atoms with Crippen molar-refractivity contribution in [2.24, 2.45) is 0 Å². The standard InChI is InChI=1S/C21H24N2O3/c1-3-20(24)23-17-10-6-4-9-16(17)14-18(23)21(25)22-13-12-15-8-5-7-11-19(15)26-2/h4-11,18H,3,12-14H2,1-2H3,(H,22,25)/t18-/m1/s1. The summed E-state index contributed by atoms with van der Waals surface area (Å²) in [6.07, 6.45) is 1.61. The van der Waals surface area contributed by atoms with Crippen LogP contribution in [-0.4, -0.2) is 31.5 Å². The van der Waals surface area contributed by atoms with E-state index in [2.05, 4.69) is 5.32 Å². The first kappa shape index (κ1) is 18.0. The van der Waals surface area contributed by atoms with Gasteiger partial charge in [0.15, 0.2) is 0 Å². The summed E-state index contributed by atoms with van der Waals surface area (Å²) in [4.78, 5) is 26.8. The van der Waals surface area contributed by atoms with E-state index >= 15 is 0 Å². The van der Waals surface area contributed by atoms with Crippen LogP contribution in [0.15, 0.2) is 48.5 Å². The zero-order chi connectivity index (χ0) is 18.5. The first-order chi connectivity index (χ1) is 12.7. The Balaban J connectivity index is 1.66. The van der Waals surface area contributed by atoms with E-state index in [1.807, 2.05) is 55.5 Å². The Morgan fingerprint density at radius 1 is 1.15 bits per heavy atom. The molecule has 2 amide bonds. The molecule has 0 bridgehead atoms. The van der Waals surface area contributed by atoms with E-state index in [4.69, 9.17) is 4.74 Å². The van der Waals surface area contributed by atoms with Crippen molar-refractivity contribution in [2.45, 2.75) is 32.2 Å². The van der Waals surface area contributed by atoms with Gasteiger partial charge >= 0.3 is 0 Å². The van der Waals surface area contributed by atoms with Crippen LogP contribution >= 0.6 is 0 Å². The van der Waals surface area contributed by atoms with Gasteiger partial charge in [-0.2, -0.15) is 0 Å². The van der Waals surface area contributed by atoms with Gasteiger partial charge in [-0.15, -0.1) is 0 Å². The fraction of sp³-hybridized carbons (Fsp3) is 0.333. The van der Waals surface area contributed by atoms with Gasteiger partial charge in [0.25, 0.3) is 0 Å². The maximum absolute atomic E-state index is 12.8. The molecule has 0 saturated carbocycles. The van der Waals surface area contributed by atoms with Gasteiger partial charge in [-0.3, -0.25) is 14.5 Å². The second-order valence-electron chi connectivity index (χ2n) is 6.32. The molecular weight excluding hydrogens is 328 g/mol. The van der Waals surface area contributed by atoms with Gasteiger partial charge in [0.1, 0.15) is 11.8 Å². The summed E-state index contributed by atoms with van der Waals surface area (Å²) in [5, 5.41) is 2.98. The Morgan fingerprint density at radius 2 is 1.88 bits per heavy atom. The van der Waals surface area contributed by atoms with E-state index < -0.39 is 6.04 Å². The summed E-state index contributed by atoms with van der Waals surface area (Å²) >= 11 is 0. The Kier molecular flexibility index (Phi) is 5.56. The number of rotatable bonds is 6. The van der Waals surface area contributed by atoms with Crippen LogP contribution < -0.4 is 15.0 Å². The maximum atomic E-state index is 12.8. The molecule has 1 heterocycles. The average molecular weight is 352 g/mol. The highest BCUT2D eigenvalue weighted by Gasteiger charge is 2.37. The largest absolute Gasteiger partial charge is 0.496 e. The number of hydrogen-bond acceptors (Lipinski definition) is 3. The van der Waals surface area contributed by atoms with Gasteiger partial charge in [0.05, 0.1) is 7.11 Å². The third kappa shape index (κ3) is 3.57. The summed E-state index contributed by atoms with van der Waals surface area (Å²) < 4.78 is 5.34. The molecule has 0 aliphatic carbocycles. The van der Waals surface area contributed by atoms with Crippen molar-refractivity contribution in [2.75, 3.05) is 18.6 Å². The van der Waals surface area contributed by atoms with E-state index in [1.54, 1.807) is 12.0 Å². The normalized spacial score (nSPS) is 15.5. The van der Waals surface area contributed by atoms with Crippen molar-refractivity contribution in [3.8, 4) is 5.75 Å². The highest BCUT2D eigenvalue weighted by molar-refractivity contribution is 6.03. The maximum Gasteiger partial charge on any atom is 0.243 e. The van der Waals surface area contributed by atoms with Crippen molar-refractivity contribution in [1.29, 1.82) is 0 Å². The van der Waals surface area contributed by atoms with Crippen molar-refractivity contribution < 1.29 is 14.3 Å². The van der Waals surface area contributed by atoms with E-state index in [-0.39, 0.29) is 11.8 Å². The molecule has 0 unspecified atom stereocenters. The molecule has 0 aromatic heterocycles. The zero-order valence-corrected chi connectivity index (χ0v) is 15.2. The fourth-order valence-electron chi connectivity index (χ4n) is 3.42. The Labute approximate surface area is 154 Å². The number of fused-ring (bicyclic) bond motifs is 1. The van der Waals surface area contributed by atoms with Gasteiger partial charge in [0, 0.05) is 25.1 Å². The predicted molar refractivity (Wildman–Crippen MR) is 101 cm³/mol. The number of carbonyl (C=O) groups excluding carboxylic acids is 2. The lowest BCUT2D eigenvalue weighted by molar-refractivity contribution is -0.126. The lowest BCUT2D eigenvalue weighted by Gasteiger charge is -2.24. The van der Waals surface area contributed by atoms with Gasteiger partial charge in [0.2, 0.25) is 11.8 Å². The van der Waals surface area contributed by atoms with Crippen LogP contribution in [0.4, 0.5) is 5.69 Å². The molecule has 2 aromatic rings. The molecule has 0 radical (unpaired) electrons. The van der Waals surface area contributed by atoms with Crippen LogP contribution in [0.25, 0.3) is 0 Å². The molecule has 136 valence electrons. The van der Waals surface area contributed by atoms with Crippen molar-refractivity contribution in [3.05, 3.63) is 59.7 Å². The molecule has 2 aromatic carbocycles. The minimum atomic E-state index is -0.475. The number of ether oxygens (including phenoxy) is 1. The van der Waals surface area contributed by atoms with Crippen LogP contribution in [0, 0.1) is 0 Å². The Morgan fingerprint density at radius 3 is 2.65 bits per heavy atom. The number of carbonyl (C=O) groups is 2.